The SMILES string of the molecule is COC(=O)Nc1cnn(CC(=O)NCCc2cccnc2)n1. The molecule has 0 radical (unpaired) electrons. The number of hydrogen-bond acceptors (Lipinski definition) is 6. The van der Waals surface area contributed by atoms with E-state index >= 15 is 0 Å². The number of carbonyl (C=O) groups excluding carboxylic acids is 2. The number of carbonyl (C=O) groups is 2. The van der Waals surface area contributed by atoms with Crippen LogP contribution in [0.2, 0.25) is 0 Å². The van der Waals surface area contributed by atoms with Crippen molar-refractivity contribution in [2.75, 3.05) is 19.0 Å². The first-order valence-electron chi connectivity index (χ1n) is 6.58. The van der Waals surface area contributed by atoms with E-state index in [0.29, 0.717) is 13.0 Å². The van der Waals surface area contributed by atoms with Gasteiger partial charge in [0.1, 0.15) is 6.54 Å². The van der Waals surface area contributed by atoms with Crippen molar-refractivity contribution in [1.82, 2.24) is 25.3 Å². The molecule has 0 aromatic carbocycles. The maximum absolute atomic E-state index is 11.8. The van der Waals surface area contributed by atoms with Gasteiger partial charge in [0.2, 0.25) is 5.91 Å². The summed E-state index contributed by atoms with van der Waals surface area (Å²) >= 11 is 0. The number of pyridine rings is 1. The van der Waals surface area contributed by atoms with Crippen LogP contribution in [-0.2, 0) is 22.5 Å². The van der Waals surface area contributed by atoms with Crippen LogP contribution < -0.4 is 10.6 Å². The molecule has 0 saturated heterocycles. The molecule has 0 bridgehead atoms. The first-order valence-corrected chi connectivity index (χ1v) is 6.58. The first-order chi connectivity index (χ1) is 10.7. The summed E-state index contributed by atoms with van der Waals surface area (Å²) in [6, 6.07) is 3.79. The van der Waals surface area contributed by atoms with Crippen molar-refractivity contribution in [2.45, 2.75) is 13.0 Å². The Morgan fingerprint density at radius 2 is 2.23 bits per heavy atom. The van der Waals surface area contributed by atoms with Crippen LogP contribution in [0.1, 0.15) is 5.56 Å². The highest BCUT2D eigenvalue weighted by atomic mass is 16.5. The minimum Gasteiger partial charge on any atom is -0.453 e. The molecule has 0 fully saturated rings. The maximum atomic E-state index is 11.8. The summed E-state index contributed by atoms with van der Waals surface area (Å²) in [5.74, 6) is -0.000816. The average Bonchev–Trinajstić information content (AvgIpc) is 2.95. The quantitative estimate of drug-likeness (QED) is 0.789. The second-order valence-electron chi connectivity index (χ2n) is 4.34. The highest BCUT2D eigenvalue weighted by molar-refractivity contribution is 5.82. The van der Waals surface area contributed by atoms with Crippen molar-refractivity contribution in [2.24, 2.45) is 0 Å². The smallest absolute Gasteiger partial charge is 0.412 e. The highest BCUT2D eigenvalue weighted by Crippen LogP contribution is 1.99. The molecule has 2 rings (SSSR count). The number of nitrogens with zero attached hydrogens (tertiary/aromatic N) is 4. The summed E-state index contributed by atoms with van der Waals surface area (Å²) in [5.41, 5.74) is 1.05. The van der Waals surface area contributed by atoms with Gasteiger partial charge in [0, 0.05) is 18.9 Å². The van der Waals surface area contributed by atoms with Crippen LogP contribution in [0, 0.1) is 0 Å². The van der Waals surface area contributed by atoms with E-state index in [1.54, 1.807) is 12.4 Å². The fourth-order valence-corrected chi connectivity index (χ4v) is 1.66. The van der Waals surface area contributed by atoms with Gasteiger partial charge in [0.25, 0.3) is 0 Å². The molecule has 0 aliphatic rings. The summed E-state index contributed by atoms with van der Waals surface area (Å²) in [7, 11) is 1.25. The largest absolute Gasteiger partial charge is 0.453 e. The minimum atomic E-state index is -0.645. The topological polar surface area (TPSA) is 111 Å². The fourth-order valence-electron chi connectivity index (χ4n) is 1.66. The van der Waals surface area contributed by atoms with Crippen LogP contribution in [0.4, 0.5) is 10.6 Å². The van der Waals surface area contributed by atoms with Crippen molar-refractivity contribution in [3.8, 4) is 0 Å². The van der Waals surface area contributed by atoms with Crippen LogP contribution >= 0.6 is 0 Å². The highest BCUT2D eigenvalue weighted by Gasteiger charge is 2.08. The average molecular weight is 304 g/mol. The number of anilines is 1. The number of nitrogens with one attached hydrogen (secondary N) is 2. The molecular formula is C13H16N6O3. The second-order valence-corrected chi connectivity index (χ2v) is 4.34. The summed E-state index contributed by atoms with van der Waals surface area (Å²) in [6.07, 6.45) is 4.84. The zero-order valence-corrected chi connectivity index (χ0v) is 12.0. The Bertz CT molecular complexity index is 628. The molecule has 9 nitrogen and oxygen atoms in total. The van der Waals surface area contributed by atoms with Gasteiger partial charge >= 0.3 is 6.09 Å². The van der Waals surface area contributed by atoms with Crippen molar-refractivity contribution in [3.05, 3.63) is 36.3 Å². The molecule has 2 aromatic rings. The number of amides is 2. The number of rotatable bonds is 6. The second kappa shape index (κ2) is 7.72. The van der Waals surface area contributed by atoms with Crippen LogP contribution in [-0.4, -0.2) is 45.6 Å². The molecule has 9 heteroatoms. The van der Waals surface area contributed by atoms with E-state index in [9.17, 15) is 9.59 Å². The normalized spacial score (nSPS) is 10.0. The zero-order chi connectivity index (χ0) is 15.8. The monoisotopic (exact) mass is 304 g/mol. The van der Waals surface area contributed by atoms with Crippen molar-refractivity contribution in [3.63, 3.8) is 0 Å². The minimum absolute atomic E-state index is 0.0319. The van der Waals surface area contributed by atoms with Gasteiger partial charge in [-0.3, -0.25) is 15.1 Å². The standard InChI is InChI=1S/C13H16N6O3/c1-22-13(21)17-11-8-16-19(18-11)9-12(20)15-6-4-10-3-2-5-14-7-10/h2-3,5,7-8H,4,6,9H2,1H3,(H,15,20)(H,17,18,21). The van der Waals surface area contributed by atoms with Gasteiger partial charge in [-0.2, -0.15) is 9.90 Å². The lowest BCUT2D eigenvalue weighted by molar-refractivity contribution is -0.122. The van der Waals surface area contributed by atoms with Crippen LogP contribution in [0.5, 0.6) is 0 Å². The maximum Gasteiger partial charge on any atom is 0.412 e. The molecule has 2 N–H and O–H groups in total. The number of aromatic nitrogens is 4. The molecule has 2 heterocycles. The molecule has 0 saturated carbocycles. The summed E-state index contributed by atoms with van der Waals surface area (Å²) in [6.45, 7) is 0.467. The first kappa shape index (κ1) is 15.4. The van der Waals surface area contributed by atoms with Crippen LogP contribution in [0.3, 0.4) is 0 Å². The molecule has 2 aromatic heterocycles. The Morgan fingerprint density at radius 3 is 2.95 bits per heavy atom. The van der Waals surface area contributed by atoms with Crippen LogP contribution in [0.25, 0.3) is 0 Å². The lowest BCUT2D eigenvalue weighted by Gasteiger charge is -2.04. The summed E-state index contributed by atoms with van der Waals surface area (Å²) < 4.78 is 4.43. The summed E-state index contributed by atoms with van der Waals surface area (Å²) in [4.78, 5) is 27.9. The fraction of sp³-hybridized carbons (Fsp3) is 0.308. The lowest BCUT2D eigenvalue weighted by Crippen LogP contribution is -2.30. The third kappa shape index (κ3) is 4.85. The third-order valence-electron chi connectivity index (χ3n) is 2.70. The number of hydrogen-bond donors (Lipinski definition) is 2. The Kier molecular flexibility index (Phi) is 5.41. The van der Waals surface area contributed by atoms with E-state index in [0.717, 1.165) is 5.56 Å². The summed E-state index contributed by atoms with van der Waals surface area (Å²) in [5, 5.41) is 12.9. The lowest BCUT2D eigenvalue weighted by atomic mass is 10.2. The van der Waals surface area contributed by atoms with Crippen molar-refractivity contribution in [1.29, 1.82) is 0 Å². The molecular weight excluding hydrogens is 288 g/mol. The van der Waals surface area contributed by atoms with E-state index < -0.39 is 6.09 Å². The molecule has 2 amide bonds. The van der Waals surface area contributed by atoms with Gasteiger partial charge in [-0.25, -0.2) is 4.79 Å². The van der Waals surface area contributed by atoms with E-state index in [1.807, 2.05) is 12.1 Å². The van der Waals surface area contributed by atoms with Crippen LogP contribution in [0.15, 0.2) is 30.7 Å². The third-order valence-corrected chi connectivity index (χ3v) is 2.70. The van der Waals surface area contributed by atoms with Gasteiger partial charge in [-0.05, 0) is 18.1 Å². The van der Waals surface area contributed by atoms with Gasteiger partial charge < -0.3 is 10.1 Å². The Hall–Kier alpha value is -2.97. The van der Waals surface area contributed by atoms with Crippen molar-refractivity contribution < 1.29 is 14.3 Å². The zero-order valence-electron chi connectivity index (χ0n) is 12.0. The van der Waals surface area contributed by atoms with Gasteiger partial charge in [0.15, 0.2) is 5.82 Å². The van der Waals surface area contributed by atoms with Gasteiger partial charge in [-0.15, -0.1) is 5.10 Å². The molecule has 0 unspecified atom stereocenters. The van der Waals surface area contributed by atoms with Gasteiger partial charge in [-0.1, -0.05) is 6.07 Å². The molecule has 116 valence electrons. The van der Waals surface area contributed by atoms with E-state index in [4.69, 9.17) is 0 Å². The van der Waals surface area contributed by atoms with Crippen molar-refractivity contribution >= 4 is 17.8 Å². The number of methoxy groups -OCH3 is 1. The number of ether oxygens (including phenoxy) is 1. The Balaban J connectivity index is 1.74. The Labute approximate surface area is 126 Å². The van der Waals surface area contributed by atoms with Gasteiger partial charge in [0.05, 0.1) is 13.3 Å². The molecule has 0 aliphatic carbocycles. The Morgan fingerprint density at radius 1 is 1.36 bits per heavy atom. The molecule has 0 aliphatic heterocycles. The van der Waals surface area contributed by atoms with E-state index in [2.05, 4.69) is 30.6 Å². The predicted octanol–water partition coefficient (Wildman–Crippen LogP) is 0.210. The predicted molar refractivity (Wildman–Crippen MR) is 77.0 cm³/mol. The van der Waals surface area contributed by atoms with E-state index in [1.165, 1.54) is 18.1 Å². The van der Waals surface area contributed by atoms with E-state index in [-0.39, 0.29) is 18.3 Å². The molecule has 0 spiro atoms. The molecule has 0 atom stereocenters. The molecule has 22 heavy (non-hydrogen) atoms.